The third-order valence-corrected chi connectivity index (χ3v) is 3.54. The molecule has 3 nitrogen and oxygen atoms in total. The lowest BCUT2D eigenvalue weighted by Crippen LogP contribution is -2.11. The van der Waals surface area contributed by atoms with E-state index in [0.717, 1.165) is 16.6 Å². The van der Waals surface area contributed by atoms with Crippen LogP contribution in [0.2, 0.25) is 5.28 Å². The van der Waals surface area contributed by atoms with Crippen LogP contribution in [0.5, 0.6) is 0 Å². The maximum absolute atomic E-state index is 12.5. The molecule has 0 spiro atoms. The van der Waals surface area contributed by atoms with Crippen molar-refractivity contribution in [2.45, 2.75) is 0 Å². The minimum Gasteiger partial charge on any atom is -0.289 e. The van der Waals surface area contributed by atoms with Crippen LogP contribution in [0.3, 0.4) is 0 Å². The fraction of sp³-hybridized carbons (Fsp3) is 0. The Morgan fingerprint density at radius 1 is 0.842 bits per heavy atom. The van der Waals surface area contributed by atoms with Gasteiger partial charge < -0.3 is 0 Å². The van der Waals surface area contributed by atoms with Crippen molar-refractivity contribution in [2.24, 2.45) is 0 Å². The number of carbonyl (C=O) groups is 1. The molecule has 1 aliphatic carbocycles. The van der Waals surface area contributed by atoms with Crippen LogP contribution in [-0.4, -0.2) is 15.8 Å². The summed E-state index contributed by atoms with van der Waals surface area (Å²) < 4.78 is 0. The highest BCUT2D eigenvalue weighted by Gasteiger charge is 2.26. The molecule has 90 valence electrons. The molecular weight excluding hydrogens is 260 g/mol. The standard InChI is InChI=1S/C15H7ClN2O/c16-15-17-11-7-3-6-10-12(11)13(18-15)8-4-1-2-5-9(8)14(10)19/h1-7H. The van der Waals surface area contributed by atoms with Gasteiger partial charge in [-0.25, -0.2) is 9.97 Å². The average molecular weight is 267 g/mol. The molecule has 0 bridgehead atoms. The Kier molecular flexibility index (Phi) is 2.03. The van der Waals surface area contributed by atoms with Crippen molar-refractivity contribution in [3.8, 4) is 11.3 Å². The van der Waals surface area contributed by atoms with E-state index in [1.54, 1.807) is 6.07 Å². The van der Waals surface area contributed by atoms with Gasteiger partial charge in [0.1, 0.15) is 0 Å². The Morgan fingerprint density at radius 3 is 2.42 bits per heavy atom. The molecule has 3 aromatic rings. The molecule has 0 atom stereocenters. The van der Waals surface area contributed by atoms with Crippen LogP contribution in [0, 0.1) is 0 Å². The first-order valence-corrected chi connectivity index (χ1v) is 6.24. The van der Waals surface area contributed by atoms with Crippen LogP contribution in [0.15, 0.2) is 42.5 Å². The third-order valence-electron chi connectivity index (χ3n) is 3.37. The number of hydrogen-bond donors (Lipinski definition) is 0. The van der Waals surface area contributed by atoms with Crippen LogP contribution in [0.1, 0.15) is 15.9 Å². The fourth-order valence-corrected chi connectivity index (χ4v) is 2.75. The van der Waals surface area contributed by atoms with Crippen molar-refractivity contribution in [1.82, 2.24) is 9.97 Å². The Labute approximate surface area is 113 Å². The maximum atomic E-state index is 12.5. The van der Waals surface area contributed by atoms with E-state index in [4.69, 9.17) is 11.6 Å². The maximum Gasteiger partial charge on any atom is 0.223 e. The van der Waals surface area contributed by atoms with Crippen molar-refractivity contribution < 1.29 is 4.79 Å². The highest BCUT2D eigenvalue weighted by molar-refractivity contribution is 6.30. The van der Waals surface area contributed by atoms with E-state index in [1.165, 1.54) is 0 Å². The largest absolute Gasteiger partial charge is 0.289 e. The predicted octanol–water partition coefficient (Wildman–Crippen LogP) is 3.49. The first-order valence-electron chi connectivity index (χ1n) is 5.86. The van der Waals surface area contributed by atoms with Crippen molar-refractivity contribution >= 4 is 28.3 Å². The molecule has 0 aliphatic heterocycles. The van der Waals surface area contributed by atoms with Crippen molar-refractivity contribution in [1.29, 1.82) is 0 Å². The van der Waals surface area contributed by atoms with Crippen molar-refractivity contribution in [3.63, 3.8) is 0 Å². The van der Waals surface area contributed by atoms with Gasteiger partial charge in [0, 0.05) is 22.1 Å². The zero-order chi connectivity index (χ0) is 13.0. The molecule has 0 amide bonds. The normalized spacial score (nSPS) is 12.6. The van der Waals surface area contributed by atoms with Crippen LogP contribution < -0.4 is 0 Å². The number of halogens is 1. The van der Waals surface area contributed by atoms with E-state index in [1.807, 2.05) is 36.4 Å². The summed E-state index contributed by atoms with van der Waals surface area (Å²) in [6, 6.07) is 12.9. The first-order chi connectivity index (χ1) is 9.25. The molecule has 0 N–H and O–H groups in total. The van der Waals surface area contributed by atoms with E-state index in [0.29, 0.717) is 16.6 Å². The lowest BCUT2D eigenvalue weighted by Gasteiger charge is -2.18. The van der Waals surface area contributed by atoms with Gasteiger partial charge in [-0.1, -0.05) is 36.4 Å². The molecule has 0 radical (unpaired) electrons. The molecule has 19 heavy (non-hydrogen) atoms. The zero-order valence-electron chi connectivity index (χ0n) is 9.72. The van der Waals surface area contributed by atoms with Crippen LogP contribution in [-0.2, 0) is 0 Å². The molecule has 0 saturated heterocycles. The molecule has 0 saturated carbocycles. The molecule has 0 fully saturated rings. The topological polar surface area (TPSA) is 42.9 Å². The third kappa shape index (κ3) is 1.36. The number of benzene rings is 2. The summed E-state index contributed by atoms with van der Waals surface area (Å²) in [6.07, 6.45) is 0. The minimum atomic E-state index is 0.0135. The average Bonchev–Trinajstić information content (AvgIpc) is 2.44. The second kappa shape index (κ2) is 3.62. The predicted molar refractivity (Wildman–Crippen MR) is 73.4 cm³/mol. The number of fused-ring (bicyclic) bond motifs is 2. The van der Waals surface area contributed by atoms with Crippen molar-refractivity contribution in [2.75, 3.05) is 0 Å². The van der Waals surface area contributed by atoms with Crippen LogP contribution in [0.25, 0.3) is 22.2 Å². The summed E-state index contributed by atoms with van der Waals surface area (Å²) in [4.78, 5) is 21.0. The quantitative estimate of drug-likeness (QED) is 0.458. The van der Waals surface area contributed by atoms with E-state index in [2.05, 4.69) is 9.97 Å². The molecule has 2 aromatic carbocycles. The molecule has 0 unspecified atom stereocenters. The van der Waals surface area contributed by atoms with Crippen molar-refractivity contribution in [3.05, 3.63) is 58.9 Å². The number of nitrogens with zero attached hydrogens (tertiary/aromatic N) is 2. The van der Waals surface area contributed by atoms with Gasteiger partial charge in [-0.2, -0.15) is 0 Å². The van der Waals surface area contributed by atoms with Gasteiger partial charge in [-0.05, 0) is 17.7 Å². The van der Waals surface area contributed by atoms with Crippen LogP contribution >= 0.6 is 11.6 Å². The van der Waals surface area contributed by atoms with Gasteiger partial charge in [-0.3, -0.25) is 4.79 Å². The Morgan fingerprint density at radius 2 is 1.58 bits per heavy atom. The highest BCUT2D eigenvalue weighted by atomic mass is 35.5. The van der Waals surface area contributed by atoms with Gasteiger partial charge in [0.05, 0.1) is 11.2 Å². The molecule has 4 rings (SSSR count). The number of carbonyl (C=O) groups excluding carboxylic acids is 1. The number of hydrogen-bond acceptors (Lipinski definition) is 3. The molecular formula is C15H7ClN2O. The lowest BCUT2D eigenvalue weighted by atomic mass is 9.87. The Balaban J connectivity index is 2.28. The minimum absolute atomic E-state index is 0.0135. The lowest BCUT2D eigenvalue weighted by molar-refractivity contribution is 0.104. The Hall–Kier alpha value is -2.26. The molecule has 4 heteroatoms. The fourth-order valence-electron chi connectivity index (χ4n) is 2.57. The summed E-state index contributed by atoms with van der Waals surface area (Å²) in [7, 11) is 0. The SMILES string of the molecule is O=C1c2ccccc2-c2nc(Cl)nc3cccc1c23. The van der Waals surface area contributed by atoms with E-state index < -0.39 is 0 Å². The van der Waals surface area contributed by atoms with Gasteiger partial charge in [0.2, 0.25) is 5.28 Å². The summed E-state index contributed by atoms with van der Waals surface area (Å²) >= 11 is 5.97. The van der Waals surface area contributed by atoms with E-state index in [9.17, 15) is 4.79 Å². The summed E-state index contributed by atoms with van der Waals surface area (Å²) in [6.45, 7) is 0. The highest BCUT2D eigenvalue weighted by Crippen LogP contribution is 2.37. The zero-order valence-corrected chi connectivity index (χ0v) is 10.5. The van der Waals surface area contributed by atoms with Gasteiger partial charge >= 0.3 is 0 Å². The second-order valence-electron chi connectivity index (χ2n) is 4.42. The molecule has 1 heterocycles. The van der Waals surface area contributed by atoms with Gasteiger partial charge in [0.15, 0.2) is 5.78 Å². The Bertz CT molecular complexity index is 858. The smallest absolute Gasteiger partial charge is 0.223 e. The van der Waals surface area contributed by atoms with E-state index >= 15 is 0 Å². The number of aromatic nitrogens is 2. The summed E-state index contributed by atoms with van der Waals surface area (Å²) in [5.41, 5.74) is 3.57. The molecule has 1 aromatic heterocycles. The number of rotatable bonds is 0. The molecule has 1 aliphatic rings. The first kappa shape index (κ1) is 10.6. The monoisotopic (exact) mass is 266 g/mol. The van der Waals surface area contributed by atoms with Gasteiger partial charge in [0.25, 0.3) is 0 Å². The second-order valence-corrected chi connectivity index (χ2v) is 4.75. The summed E-state index contributed by atoms with van der Waals surface area (Å²) in [5, 5.41) is 0.986. The number of ketones is 1. The van der Waals surface area contributed by atoms with E-state index in [-0.39, 0.29) is 11.1 Å². The van der Waals surface area contributed by atoms with Crippen LogP contribution in [0.4, 0.5) is 0 Å². The van der Waals surface area contributed by atoms with Gasteiger partial charge in [-0.15, -0.1) is 0 Å². The summed E-state index contributed by atoms with van der Waals surface area (Å²) in [5.74, 6) is 0.0135.